The first-order valence-corrected chi connectivity index (χ1v) is 8.31. The van der Waals surface area contributed by atoms with Crippen LogP contribution < -0.4 is 5.32 Å². The minimum Gasteiger partial charge on any atom is -0.317 e. The second-order valence-electron chi connectivity index (χ2n) is 8.12. The summed E-state index contributed by atoms with van der Waals surface area (Å²) in [5.41, 5.74) is 0.543. The zero-order valence-corrected chi connectivity index (χ0v) is 13.7. The molecule has 1 N–H and O–H groups in total. The molecule has 2 aliphatic rings. The molecule has 0 aromatic heterocycles. The van der Waals surface area contributed by atoms with Gasteiger partial charge < -0.3 is 10.2 Å². The van der Waals surface area contributed by atoms with Crippen molar-refractivity contribution in [2.45, 2.75) is 59.4 Å². The Balaban J connectivity index is 1.91. The monoisotopic (exact) mass is 266 g/mol. The van der Waals surface area contributed by atoms with Crippen LogP contribution in [0.25, 0.3) is 0 Å². The first kappa shape index (κ1) is 15.3. The van der Waals surface area contributed by atoms with Crippen molar-refractivity contribution in [3.05, 3.63) is 0 Å². The topological polar surface area (TPSA) is 15.3 Å². The lowest BCUT2D eigenvalue weighted by Gasteiger charge is -2.39. The zero-order valence-electron chi connectivity index (χ0n) is 13.7. The van der Waals surface area contributed by atoms with Crippen molar-refractivity contribution < 1.29 is 0 Å². The number of rotatable bonds is 4. The molecular formula is C17H34N2. The Bertz CT molecular complexity index is 285. The molecule has 0 aromatic carbocycles. The van der Waals surface area contributed by atoms with Crippen LogP contribution in [0.3, 0.4) is 0 Å². The van der Waals surface area contributed by atoms with Crippen LogP contribution in [0.4, 0.5) is 0 Å². The fraction of sp³-hybridized carbons (Fsp3) is 1.00. The lowest BCUT2D eigenvalue weighted by Crippen LogP contribution is -2.45. The molecule has 1 saturated heterocycles. The summed E-state index contributed by atoms with van der Waals surface area (Å²) in [6.45, 7) is 13.6. The molecule has 112 valence electrons. The SMILES string of the molecule is CNC1CCC(C(C)C)CC1CN1CCC(C)(C)C1. The van der Waals surface area contributed by atoms with Crippen LogP contribution in [0.5, 0.6) is 0 Å². The quantitative estimate of drug-likeness (QED) is 0.839. The fourth-order valence-corrected chi connectivity index (χ4v) is 4.20. The highest BCUT2D eigenvalue weighted by Crippen LogP contribution is 2.36. The molecule has 1 aliphatic carbocycles. The first-order chi connectivity index (χ1) is 8.91. The van der Waals surface area contributed by atoms with E-state index in [1.807, 2.05) is 0 Å². The van der Waals surface area contributed by atoms with Crippen LogP contribution >= 0.6 is 0 Å². The van der Waals surface area contributed by atoms with E-state index in [9.17, 15) is 0 Å². The van der Waals surface area contributed by atoms with Gasteiger partial charge in [0, 0.05) is 19.1 Å². The van der Waals surface area contributed by atoms with Crippen molar-refractivity contribution in [1.82, 2.24) is 10.2 Å². The molecule has 19 heavy (non-hydrogen) atoms. The Hall–Kier alpha value is -0.0800. The van der Waals surface area contributed by atoms with Crippen LogP contribution in [0.2, 0.25) is 0 Å². The molecule has 3 atom stereocenters. The van der Waals surface area contributed by atoms with Gasteiger partial charge >= 0.3 is 0 Å². The van der Waals surface area contributed by atoms with Crippen molar-refractivity contribution in [1.29, 1.82) is 0 Å². The Labute approximate surface area is 120 Å². The minimum atomic E-state index is 0.543. The molecule has 0 amide bonds. The number of hydrogen-bond acceptors (Lipinski definition) is 2. The first-order valence-electron chi connectivity index (χ1n) is 8.31. The number of likely N-dealkylation sites (tertiary alicyclic amines) is 1. The maximum atomic E-state index is 3.58. The molecule has 0 aromatic rings. The summed E-state index contributed by atoms with van der Waals surface area (Å²) >= 11 is 0. The van der Waals surface area contributed by atoms with E-state index in [0.29, 0.717) is 5.41 Å². The van der Waals surface area contributed by atoms with Gasteiger partial charge in [0.15, 0.2) is 0 Å². The predicted molar refractivity (Wildman–Crippen MR) is 83.4 cm³/mol. The number of hydrogen-bond donors (Lipinski definition) is 1. The third-order valence-electron chi connectivity index (χ3n) is 5.59. The van der Waals surface area contributed by atoms with Crippen molar-refractivity contribution in [2.24, 2.45) is 23.2 Å². The van der Waals surface area contributed by atoms with Gasteiger partial charge in [0.1, 0.15) is 0 Å². The van der Waals surface area contributed by atoms with Crippen molar-refractivity contribution in [2.75, 3.05) is 26.7 Å². The van der Waals surface area contributed by atoms with Crippen molar-refractivity contribution in [3.8, 4) is 0 Å². The summed E-state index contributed by atoms with van der Waals surface area (Å²) in [4.78, 5) is 2.72. The third kappa shape index (κ3) is 3.95. The maximum Gasteiger partial charge on any atom is 0.0105 e. The lowest BCUT2D eigenvalue weighted by atomic mass is 9.73. The van der Waals surface area contributed by atoms with E-state index in [4.69, 9.17) is 0 Å². The van der Waals surface area contributed by atoms with Gasteiger partial charge in [0.2, 0.25) is 0 Å². The molecule has 3 unspecified atom stereocenters. The van der Waals surface area contributed by atoms with Crippen molar-refractivity contribution in [3.63, 3.8) is 0 Å². The van der Waals surface area contributed by atoms with Gasteiger partial charge in [-0.15, -0.1) is 0 Å². The van der Waals surface area contributed by atoms with E-state index in [-0.39, 0.29) is 0 Å². The molecule has 2 rings (SSSR count). The van der Waals surface area contributed by atoms with Crippen LogP contribution in [0.15, 0.2) is 0 Å². The van der Waals surface area contributed by atoms with E-state index >= 15 is 0 Å². The van der Waals surface area contributed by atoms with Gasteiger partial charge in [-0.05, 0) is 62.4 Å². The van der Waals surface area contributed by atoms with Crippen LogP contribution in [-0.2, 0) is 0 Å². The van der Waals surface area contributed by atoms with Gasteiger partial charge in [-0.2, -0.15) is 0 Å². The maximum absolute atomic E-state index is 3.58. The largest absolute Gasteiger partial charge is 0.317 e. The molecule has 1 heterocycles. The normalized spacial score (nSPS) is 36.0. The molecule has 0 spiro atoms. The standard InChI is InChI=1S/C17H34N2/c1-13(2)14-6-7-16(18-5)15(10-14)11-19-9-8-17(3,4)12-19/h13-16,18H,6-12H2,1-5H3. The summed E-state index contributed by atoms with van der Waals surface area (Å²) in [5.74, 6) is 2.67. The van der Waals surface area contributed by atoms with Gasteiger partial charge in [-0.25, -0.2) is 0 Å². The average Bonchev–Trinajstić information content (AvgIpc) is 2.68. The number of nitrogens with zero attached hydrogens (tertiary/aromatic N) is 1. The van der Waals surface area contributed by atoms with E-state index < -0.39 is 0 Å². The Kier molecular flexibility index (Phi) is 4.94. The van der Waals surface area contributed by atoms with E-state index in [1.165, 1.54) is 45.3 Å². The lowest BCUT2D eigenvalue weighted by molar-refractivity contribution is 0.131. The second-order valence-corrected chi connectivity index (χ2v) is 8.12. The molecule has 2 heteroatoms. The van der Waals surface area contributed by atoms with Crippen LogP contribution in [0, 0.1) is 23.2 Å². The van der Waals surface area contributed by atoms with E-state index in [2.05, 4.69) is 45.0 Å². The molecule has 1 aliphatic heterocycles. The van der Waals surface area contributed by atoms with E-state index in [0.717, 1.165) is 23.8 Å². The van der Waals surface area contributed by atoms with Crippen LogP contribution in [-0.4, -0.2) is 37.6 Å². The molecule has 2 fully saturated rings. The van der Waals surface area contributed by atoms with Gasteiger partial charge in [-0.3, -0.25) is 0 Å². The second kappa shape index (κ2) is 6.13. The van der Waals surface area contributed by atoms with Gasteiger partial charge in [-0.1, -0.05) is 27.7 Å². The summed E-state index contributed by atoms with van der Waals surface area (Å²) < 4.78 is 0. The Morgan fingerprint density at radius 3 is 2.53 bits per heavy atom. The molecule has 0 radical (unpaired) electrons. The fourth-order valence-electron chi connectivity index (χ4n) is 4.20. The Morgan fingerprint density at radius 2 is 2.00 bits per heavy atom. The molecule has 2 nitrogen and oxygen atoms in total. The number of nitrogens with one attached hydrogen (secondary N) is 1. The summed E-state index contributed by atoms with van der Waals surface area (Å²) in [7, 11) is 2.15. The average molecular weight is 266 g/mol. The smallest absolute Gasteiger partial charge is 0.0105 e. The highest BCUT2D eigenvalue weighted by atomic mass is 15.2. The third-order valence-corrected chi connectivity index (χ3v) is 5.59. The van der Waals surface area contributed by atoms with Crippen LogP contribution in [0.1, 0.15) is 53.4 Å². The molecule has 1 saturated carbocycles. The van der Waals surface area contributed by atoms with Gasteiger partial charge in [0.25, 0.3) is 0 Å². The zero-order chi connectivity index (χ0) is 14.0. The van der Waals surface area contributed by atoms with Gasteiger partial charge in [0.05, 0.1) is 0 Å². The minimum absolute atomic E-state index is 0.543. The summed E-state index contributed by atoms with van der Waals surface area (Å²) in [6, 6.07) is 0.749. The highest BCUT2D eigenvalue weighted by molar-refractivity contribution is 4.90. The molecule has 0 bridgehead atoms. The summed E-state index contributed by atoms with van der Waals surface area (Å²) in [6.07, 6.45) is 5.60. The Morgan fingerprint density at radius 1 is 1.26 bits per heavy atom. The predicted octanol–water partition coefficient (Wildman–Crippen LogP) is 3.38. The summed E-state index contributed by atoms with van der Waals surface area (Å²) in [5, 5.41) is 3.58. The highest BCUT2D eigenvalue weighted by Gasteiger charge is 2.35. The van der Waals surface area contributed by atoms with E-state index in [1.54, 1.807) is 0 Å². The molecular weight excluding hydrogens is 232 g/mol. The van der Waals surface area contributed by atoms with Crippen molar-refractivity contribution >= 4 is 0 Å².